The van der Waals surface area contributed by atoms with Gasteiger partial charge < -0.3 is 15.3 Å². The second-order valence-electron chi connectivity index (χ2n) is 3.64. The molecule has 0 spiro atoms. The molecule has 1 heterocycles. The SMILES string of the molecule is CC(=O)N1CCC(CNC(=O)O)CC1. The normalized spacial score (nSPS) is 17.9. The first-order valence-corrected chi connectivity index (χ1v) is 4.82. The van der Waals surface area contributed by atoms with Crippen LogP contribution < -0.4 is 5.32 Å². The molecule has 0 aromatic heterocycles. The second-order valence-corrected chi connectivity index (χ2v) is 3.64. The predicted molar refractivity (Wildman–Crippen MR) is 51.0 cm³/mol. The third kappa shape index (κ3) is 3.24. The van der Waals surface area contributed by atoms with E-state index in [-0.39, 0.29) is 5.91 Å². The number of carbonyl (C=O) groups excluding carboxylic acids is 1. The highest BCUT2D eigenvalue weighted by Gasteiger charge is 2.20. The number of hydrogen-bond acceptors (Lipinski definition) is 2. The minimum atomic E-state index is -0.973. The molecule has 5 heteroatoms. The quantitative estimate of drug-likeness (QED) is 0.682. The Balaban J connectivity index is 2.22. The number of nitrogens with one attached hydrogen (secondary N) is 1. The van der Waals surface area contributed by atoms with Crippen LogP contribution in [0, 0.1) is 5.92 Å². The van der Waals surface area contributed by atoms with Crippen LogP contribution in [-0.2, 0) is 4.79 Å². The van der Waals surface area contributed by atoms with Crippen molar-refractivity contribution in [1.29, 1.82) is 0 Å². The summed E-state index contributed by atoms with van der Waals surface area (Å²) in [5, 5.41) is 10.8. The molecule has 1 rings (SSSR count). The summed E-state index contributed by atoms with van der Waals surface area (Å²) >= 11 is 0. The predicted octanol–water partition coefficient (Wildman–Crippen LogP) is 0.513. The first-order chi connectivity index (χ1) is 6.59. The highest BCUT2D eigenvalue weighted by atomic mass is 16.4. The Kier molecular flexibility index (Phi) is 3.73. The fraction of sp³-hybridized carbons (Fsp3) is 0.778. The number of piperidine rings is 1. The van der Waals surface area contributed by atoms with E-state index in [0.717, 1.165) is 25.9 Å². The molecule has 2 amide bonds. The maximum Gasteiger partial charge on any atom is 0.404 e. The van der Waals surface area contributed by atoms with Gasteiger partial charge >= 0.3 is 6.09 Å². The Morgan fingerprint density at radius 2 is 2.00 bits per heavy atom. The molecule has 0 bridgehead atoms. The molecule has 1 saturated heterocycles. The average molecular weight is 200 g/mol. The van der Waals surface area contributed by atoms with Crippen molar-refractivity contribution in [2.75, 3.05) is 19.6 Å². The summed E-state index contributed by atoms with van der Waals surface area (Å²) < 4.78 is 0. The molecule has 1 aliphatic rings. The van der Waals surface area contributed by atoms with Crippen LogP contribution in [0.3, 0.4) is 0 Å². The summed E-state index contributed by atoms with van der Waals surface area (Å²) in [5.41, 5.74) is 0. The Bertz CT molecular complexity index is 222. The van der Waals surface area contributed by atoms with Gasteiger partial charge in [0.25, 0.3) is 0 Å². The van der Waals surface area contributed by atoms with Crippen LogP contribution in [0.15, 0.2) is 0 Å². The molecule has 0 aromatic carbocycles. The van der Waals surface area contributed by atoms with E-state index in [9.17, 15) is 9.59 Å². The number of rotatable bonds is 2. The van der Waals surface area contributed by atoms with Crippen molar-refractivity contribution < 1.29 is 14.7 Å². The van der Waals surface area contributed by atoms with Crippen molar-refractivity contribution >= 4 is 12.0 Å². The van der Waals surface area contributed by atoms with Gasteiger partial charge in [0.05, 0.1) is 0 Å². The van der Waals surface area contributed by atoms with E-state index in [1.165, 1.54) is 0 Å². The van der Waals surface area contributed by atoms with Crippen molar-refractivity contribution in [3.63, 3.8) is 0 Å². The molecule has 2 N–H and O–H groups in total. The summed E-state index contributed by atoms with van der Waals surface area (Å²) in [4.78, 5) is 23.0. The van der Waals surface area contributed by atoms with Gasteiger partial charge in [0, 0.05) is 26.6 Å². The van der Waals surface area contributed by atoms with Crippen molar-refractivity contribution in [1.82, 2.24) is 10.2 Å². The third-order valence-electron chi connectivity index (χ3n) is 2.60. The van der Waals surface area contributed by atoms with Gasteiger partial charge in [-0.05, 0) is 18.8 Å². The van der Waals surface area contributed by atoms with E-state index in [2.05, 4.69) is 5.32 Å². The van der Waals surface area contributed by atoms with Gasteiger partial charge in [-0.1, -0.05) is 0 Å². The first-order valence-electron chi connectivity index (χ1n) is 4.82. The third-order valence-corrected chi connectivity index (χ3v) is 2.60. The molecule has 0 radical (unpaired) electrons. The number of hydrogen-bond donors (Lipinski definition) is 2. The zero-order chi connectivity index (χ0) is 10.6. The van der Waals surface area contributed by atoms with Crippen LogP contribution in [0.25, 0.3) is 0 Å². The standard InChI is InChI=1S/C9H16N2O3/c1-7(12)11-4-2-8(3-5-11)6-10-9(13)14/h8,10H,2-6H2,1H3,(H,13,14). The lowest BCUT2D eigenvalue weighted by Gasteiger charge is -2.31. The van der Waals surface area contributed by atoms with Gasteiger partial charge in [-0.25, -0.2) is 4.79 Å². The molecule has 0 aliphatic carbocycles. The highest BCUT2D eigenvalue weighted by Crippen LogP contribution is 2.16. The van der Waals surface area contributed by atoms with Crippen molar-refractivity contribution in [2.24, 2.45) is 5.92 Å². The van der Waals surface area contributed by atoms with E-state index >= 15 is 0 Å². The molecule has 5 nitrogen and oxygen atoms in total. The molecule has 0 atom stereocenters. The number of amides is 2. The zero-order valence-electron chi connectivity index (χ0n) is 8.32. The zero-order valence-corrected chi connectivity index (χ0v) is 8.32. The van der Waals surface area contributed by atoms with Crippen molar-refractivity contribution in [3.8, 4) is 0 Å². The van der Waals surface area contributed by atoms with Gasteiger partial charge in [-0.3, -0.25) is 4.79 Å². The van der Waals surface area contributed by atoms with E-state index in [4.69, 9.17) is 5.11 Å². The summed E-state index contributed by atoms with van der Waals surface area (Å²) in [6.07, 6.45) is 0.804. The Labute approximate surface area is 83.1 Å². The molecule has 80 valence electrons. The molecular formula is C9H16N2O3. The van der Waals surface area contributed by atoms with Crippen LogP contribution in [0.1, 0.15) is 19.8 Å². The fourth-order valence-corrected chi connectivity index (χ4v) is 1.68. The maximum atomic E-state index is 11.0. The molecule has 1 fully saturated rings. The summed E-state index contributed by atoms with van der Waals surface area (Å²) in [7, 11) is 0. The number of carboxylic acid groups (broad SMARTS) is 1. The summed E-state index contributed by atoms with van der Waals surface area (Å²) in [6, 6.07) is 0. The Hall–Kier alpha value is -1.26. The smallest absolute Gasteiger partial charge is 0.404 e. The second kappa shape index (κ2) is 4.83. The van der Waals surface area contributed by atoms with E-state index in [1.807, 2.05) is 0 Å². The fourth-order valence-electron chi connectivity index (χ4n) is 1.68. The topological polar surface area (TPSA) is 69.6 Å². The van der Waals surface area contributed by atoms with E-state index in [1.54, 1.807) is 11.8 Å². The number of carbonyl (C=O) groups is 2. The van der Waals surface area contributed by atoms with E-state index < -0.39 is 6.09 Å². The monoisotopic (exact) mass is 200 g/mol. The lowest BCUT2D eigenvalue weighted by atomic mass is 9.97. The minimum absolute atomic E-state index is 0.106. The minimum Gasteiger partial charge on any atom is -0.465 e. The van der Waals surface area contributed by atoms with Gasteiger partial charge in [0.1, 0.15) is 0 Å². The van der Waals surface area contributed by atoms with Gasteiger partial charge in [0.15, 0.2) is 0 Å². The summed E-state index contributed by atoms with van der Waals surface area (Å²) in [5.74, 6) is 0.483. The lowest BCUT2D eigenvalue weighted by molar-refractivity contribution is -0.130. The van der Waals surface area contributed by atoms with Crippen molar-refractivity contribution in [2.45, 2.75) is 19.8 Å². The number of likely N-dealkylation sites (tertiary alicyclic amines) is 1. The van der Waals surface area contributed by atoms with Crippen LogP contribution in [-0.4, -0.2) is 41.6 Å². The highest BCUT2D eigenvalue weighted by molar-refractivity contribution is 5.73. The average Bonchev–Trinajstić information content (AvgIpc) is 2.15. The molecule has 0 unspecified atom stereocenters. The van der Waals surface area contributed by atoms with Gasteiger partial charge in [-0.2, -0.15) is 0 Å². The van der Waals surface area contributed by atoms with Crippen LogP contribution >= 0.6 is 0 Å². The first kappa shape index (κ1) is 10.8. The maximum absolute atomic E-state index is 11.0. The molecule has 0 saturated carbocycles. The van der Waals surface area contributed by atoms with Crippen molar-refractivity contribution in [3.05, 3.63) is 0 Å². The lowest BCUT2D eigenvalue weighted by Crippen LogP contribution is -2.40. The summed E-state index contributed by atoms with van der Waals surface area (Å²) in [6.45, 7) is 3.57. The van der Waals surface area contributed by atoms with Gasteiger partial charge in [0.2, 0.25) is 5.91 Å². The Morgan fingerprint density at radius 1 is 1.43 bits per heavy atom. The largest absolute Gasteiger partial charge is 0.465 e. The van der Waals surface area contributed by atoms with Gasteiger partial charge in [-0.15, -0.1) is 0 Å². The number of nitrogens with zero attached hydrogens (tertiary/aromatic N) is 1. The van der Waals surface area contributed by atoms with Crippen LogP contribution in [0.4, 0.5) is 4.79 Å². The molecule has 1 aliphatic heterocycles. The molecule has 14 heavy (non-hydrogen) atoms. The van der Waals surface area contributed by atoms with Crippen LogP contribution in [0.5, 0.6) is 0 Å². The van der Waals surface area contributed by atoms with Crippen LogP contribution in [0.2, 0.25) is 0 Å². The molecular weight excluding hydrogens is 184 g/mol. The van der Waals surface area contributed by atoms with E-state index in [0.29, 0.717) is 12.5 Å². The Morgan fingerprint density at radius 3 is 2.43 bits per heavy atom. The molecule has 0 aromatic rings.